The minimum Gasteiger partial charge on any atom is -0.377 e. The van der Waals surface area contributed by atoms with Crippen LogP contribution in [0.4, 0.5) is 5.69 Å². The number of aromatic nitrogens is 1. The van der Waals surface area contributed by atoms with Crippen molar-refractivity contribution in [2.45, 2.75) is 24.8 Å². The number of nitrogens with two attached hydrogens (primary N) is 1. The molecular formula is C14H17N3O2S. The summed E-state index contributed by atoms with van der Waals surface area (Å²) in [6.07, 6.45) is 1.72. The van der Waals surface area contributed by atoms with Crippen LogP contribution in [-0.2, 0) is 10.0 Å². The standard InChI is InChI=1S/C14H17N3O2S/c1-10-6-7-12(9-14(10)20(15,18)19)17-11(2)13-5-3-4-8-16-13/h3-9,11,17H,1-2H3,(H2,15,18,19). The Bertz CT molecular complexity index is 700. The summed E-state index contributed by atoms with van der Waals surface area (Å²) in [4.78, 5) is 4.39. The zero-order chi connectivity index (χ0) is 14.8. The first kappa shape index (κ1) is 14.5. The molecule has 1 atom stereocenters. The van der Waals surface area contributed by atoms with E-state index in [-0.39, 0.29) is 10.9 Å². The second-order valence-corrected chi connectivity index (χ2v) is 6.18. The normalized spacial score (nSPS) is 12.9. The van der Waals surface area contributed by atoms with Crippen LogP contribution in [0.25, 0.3) is 0 Å². The second kappa shape index (κ2) is 5.60. The van der Waals surface area contributed by atoms with Crippen LogP contribution in [0.1, 0.15) is 24.2 Å². The third kappa shape index (κ3) is 3.34. The van der Waals surface area contributed by atoms with E-state index < -0.39 is 10.0 Å². The first-order valence-electron chi connectivity index (χ1n) is 6.19. The summed E-state index contributed by atoms with van der Waals surface area (Å²) in [5.74, 6) is 0. The van der Waals surface area contributed by atoms with Crippen LogP contribution in [0.3, 0.4) is 0 Å². The Morgan fingerprint density at radius 3 is 2.60 bits per heavy atom. The maximum absolute atomic E-state index is 11.5. The van der Waals surface area contributed by atoms with Gasteiger partial charge in [0.05, 0.1) is 16.6 Å². The van der Waals surface area contributed by atoms with Gasteiger partial charge < -0.3 is 5.32 Å². The molecule has 0 aliphatic heterocycles. The first-order valence-corrected chi connectivity index (χ1v) is 7.73. The summed E-state index contributed by atoms with van der Waals surface area (Å²) >= 11 is 0. The molecule has 0 amide bonds. The van der Waals surface area contributed by atoms with E-state index in [1.807, 2.05) is 31.2 Å². The molecule has 1 unspecified atom stereocenters. The van der Waals surface area contributed by atoms with Crippen LogP contribution in [0.15, 0.2) is 47.5 Å². The maximum Gasteiger partial charge on any atom is 0.238 e. The van der Waals surface area contributed by atoms with Gasteiger partial charge in [0.1, 0.15) is 0 Å². The molecule has 1 heterocycles. The number of rotatable bonds is 4. The molecule has 106 valence electrons. The molecule has 0 fully saturated rings. The summed E-state index contributed by atoms with van der Waals surface area (Å²) in [5, 5.41) is 8.42. The Morgan fingerprint density at radius 2 is 2.00 bits per heavy atom. The monoisotopic (exact) mass is 291 g/mol. The summed E-state index contributed by atoms with van der Waals surface area (Å²) in [5.41, 5.74) is 2.20. The number of aryl methyl sites for hydroxylation is 1. The van der Waals surface area contributed by atoms with Crippen molar-refractivity contribution in [2.24, 2.45) is 5.14 Å². The number of hydrogen-bond acceptors (Lipinski definition) is 4. The quantitative estimate of drug-likeness (QED) is 0.904. The average Bonchev–Trinajstić information content (AvgIpc) is 2.40. The van der Waals surface area contributed by atoms with Crippen molar-refractivity contribution in [2.75, 3.05) is 5.32 Å². The fourth-order valence-electron chi connectivity index (χ4n) is 1.95. The highest BCUT2D eigenvalue weighted by molar-refractivity contribution is 7.89. The van der Waals surface area contributed by atoms with Gasteiger partial charge in [0.25, 0.3) is 0 Å². The van der Waals surface area contributed by atoms with Crippen molar-refractivity contribution >= 4 is 15.7 Å². The number of sulfonamides is 1. The van der Waals surface area contributed by atoms with Crippen molar-refractivity contribution in [1.82, 2.24) is 4.98 Å². The van der Waals surface area contributed by atoms with Gasteiger partial charge >= 0.3 is 0 Å². The minimum absolute atomic E-state index is 0.0350. The number of benzene rings is 1. The van der Waals surface area contributed by atoms with Crippen LogP contribution >= 0.6 is 0 Å². The van der Waals surface area contributed by atoms with Crippen LogP contribution in [-0.4, -0.2) is 13.4 Å². The zero-order valence-electron chi connectivity index (χ0n) is 11.4. The lowest BCUT2D eigenvalue weighted by Gasteiger charge is -2.16. The number of pyridine rings is 1. The average molecular weight is 291 g/mol. The van der Waals surface area contributed by atoms with E-state index in [1.54, 1.807) is 25.3 Å². The van der Waals surface area contributed by atoms with E-state index in [0.717, 1.165) is 5.69 Å². The molecule has 0 bridgehead atoms. The molecule has 2 aromatic rings. The molecule has 6 heteroatoms. The largest absolute Gasteiger partial charge is 0.377 e. The summed E-state index contributed by atoms with van der Waals surface area (Å²) in [6.45, 7) is 3.67. The fourth-order valence-corrected chi connectivity index (χ4v) is 2.76. The lowest BCUT2D eigenvalue weighted by Crippen LogP contribution is -2.15. The van der Waals surface area contributed by atoms with E-state index in [1.165, 1.54) is 0 Å². The number of nitrogens with one attached hydrogen (secondary N) is 1. The molecule has 0 aliphatic carbocycles. The van der Waals surface area contributed by atoms with Gasteiger partial charge in [-0.05, 0) is 43.7 Å². The molecule has 20 heavy (non-hydrogen) atoms. The molecule has 2 rings (SSSR count). The smallest absolute Gasteiger partial charge is 0.238 e. The molecule has 5 nitrogen and oxygen atoms in total. The van der Waals surface area contributed by atoms with Crippen molar-refractivity contribution in [3.05, 3.63) is 53.9 Å². The van der Waals surface area contributed by atoms with E-state index in [2.05, 4.69) is 10.3 Å². The van der Waals surface area contributed by atoms with Crippen molar-refractivity contribution < 1.29 is 8.42 Å². The van der Waals surface area contributed by atoms with Gasteiger partial charge in [0, 0.05) is 11.9 Å². The van der Waals surface area contributed by atoms with Gasteiger partial charge in [-0.1, -0.05) is 12.1 Å². The first-order chi connectivity index (χ1) is 9.38. The van der Waals surface area contributed by atoms with Gasteiger partial charge in [0.15, 0.2) is 0 Å². The van der Waals surface area contributed by atoms with Crippen molar-refractivity contribution in [3.8, 4) is 0 Å². The van der Waals surface area contributed by atoms with Gasteiger partial charge in [0.2, 0.25) is 10.0 Å². The number of anilines is 1. The highest BCUT2D eigenvalue weighted by atomic mass is 32.2. The summed E-state index contributed by atoms with van der Waals surface area (Å²) < 4.78 is 23.0. The summed E-state index contributed by atoms with van der Waals surface area (Å²) in [6, 6.07) is 10.7. The Hall–Kier alpha value is -1.92. The Morgan fingerprint density at radius 1 is 1.25 bits per heavy atom. The van der Waals surface area contributed by atoms with E-state index >= 15 is 0 Å². The van der Waals surface area contributed by atoms with Crippen molar-refractivity contribution in [3.63, 3.8) is 0 Å². The van der Waals surface area contributed by atoms with Crippen LogP contribution in [0, 0.1) is 6.92 Å². The maximum atomic E-state index is 11.5. The Labute approximate surface area is 118 Å². The van der Waals surface area contributed by atoms with Gasteiger partial charge in [-0.3, -0.25) is 4.98 Å². The van der Waals surface area contributed by atoms with Gasteiger partial charge in [-0.25, -0.2) is 13.6 Å². The lowest BCUT2D eigenvalue weighted by atomic mass is 10.2. The minimum atomic E-state index is -3.71. The lowest BCUT2D eigenvalue weighted by molar-refractivity contribution is 0.597. The predicted octanol–water partition coefficient (Wildman–Crippen LogP) is 2.21. The third-order valence-electron chi connectivity index (χ3n) is 3.01. The molecule has 0 aliphatic rings. The van der Waals surface area contributed by atoms with Crippen LogP contribution < -0.4 is 10.5 Å². The van der Waals surface area contributed by atoms with Crippen LogP contribution in [0.2, 0.25) is 0 Å². The van der Waals surface area contributed by atoms with Crippen molar-refractivity contribution in [1.29, 1.82) is 0 Å². The molecule has 3 N–H and O–H groups in total. The zero-order valence-corrected chi connectivity index (χ0v) is 12.2. The molecular weight excluding hydrogens is 274 g/mol. The fraction of sp³-hybridized carbons (Fsp3) is 0.214. The molecule has 0 saturated heterocycles. The Balaban J connectivity index is 2.27. The highest BCUT2D eigenvalue weighted by Crippen LogP contribution is 2.22. The Kier molecular flexibility index (Phi) is 4.06. The molecule has 0 spiro atoms. The highest BCUT2D eigenvalue weighted by Gasteiger charge is 2.13. The SMILES string of the molecule is Cc1ccc(NC(C)c2ccccn2)cc1S(N)(=O)=O. The molecule has 0 saturated carbocycles. The third-order valence-corrected chi connectivity index (χ3v) is 4.06. The van der Waals surface area contributed by atoms with E-state index in [9.17, 15) is 8.42 Å². The van der Waals surface area contributed by atoms with Crippen LogP contribution in [0.5, 0.6) is 0 Å². The molecule has 0 radical (unpaired) electrons. The topological polar surface area (TPSA) is 85.1 Å². The molecule has 1 aromatic heterocycles. The number of nitrogens with zero attached hydrogens (tertiary/aromatic N) is 1. The summed E-state index contributed by atoms with van der Waals surface area (Å²) in [7, 11) is -3.71. The van der Waals surface area contributed by atoms with Gasteiger partial charge in [-0.15, -0.1) is 0 Å². The number of primary sulfonamides is 1. The van der Waals surface area contributed by atoms with E-state index in [0.29, 0.717) is 11.3 Å². The predicted molar refractivity (Wildman–Crippen MR) is 78.8 cm³/mol. The van der Waals surface area contributed by atoms with E-state index in [4.69, 9.17) is 5.14 Å². The number of hydrogen-bond donors (Lipinski definition) is 2. The molecule has 1 aromatic carbocycles. The van der Waals surface area contributed by atoms with Gasteiger partial charge in [-0.2, -0.15) is 0 Å². The second-order valence-electron chi connectivity index (χ2n) is 4.65.